The van der Waals surface area contributed by atoms with E-state index in [-0.39, 0.29) is 131 Å². The van der Waals surface area contributed by atoms with Crippen LogP contribution in [-0.2, 0) is 29.2 Å². The van der Waals surface area contributed by atoms with Crippen molar-refractivity contribution in [3.8, 4) is 0 Å². The van der Waals surface area contributed by atoms with Gasteiger partial charge in [0.25, 0.3) is 10.1 Å². The first-order valence-corrected chi connectivity index (χ1v) is 16.1. The van der Waals surface area contributed by atoms with E-state index in [2.05, 4.69) is 13.8 Å². The number of esters is 2. The molecule has 0 aromatic heterocycles. The fraction of sp³-hybridized carbons (Fsp3) is 0.929. The molecule has 0 aromatic carbocycles. The van der Waals surface area contributed by atoms with Crippen molar-refractivity contribution >= 4 is 140 Å². The Balaban J connectivity index is -0.00000102. The molecule has 0 heterocycles. The molecule has 0 aliphatic rings. The normalized spacial score (nSPS) is 11.2. The summed E-state index contributed by atoms with van der Waals surface area (Å²) >= 11 is 0. The van der Waals surface area contributed by atoms with E-state index in [1.807, 2.05) is 0 Å². The topological polar surface area (TPSA) is 107 Å². The average molecular weight is 631 g/mol. The molecule has 0 saturated heterocycles. The predicted octanol–water partition coefficient (Wildman–Crippen LogP) is 4.97. The second-order valence-corrected chi connectivity index (χ2v) is 11.6. The summed E-state index contributed by atoms with van der Waals surface area (Å²) in [5.74, 6) is -1.91. The third-order valence-corrected chi connectivity index (χ3v) is 7.56. The van der Waals surface area contributed by atoms with Crippen molar-refractivity contribution in [1.29, 1.82) is 0 Å². The summed E-state index contributed by atoms with van der Waals surface area (Å²) in [6.45, 7) is 4.67. The minimum atomic E-state index is -4.75. The van der Waals surface area contributed by atoms with Crippen LogP contribution in [-0.4, -0.2) is 162 Å². The summed E-state index contributed by atoms with van der Waals surface area (Å²) < 4.78 is 42.7. The van der Waals surface area contributed by atoms with Gasteiger partial charge in [0.1, 0.15) is 0 Å². The summed E-state index contributed by atoms with van der Waals surface area (Å²) in [6, 6.07) is 0. The summed E-state index contributed by atoms with van der Waals surface area (Å²) in [5.41, 5.74) is 0. The minimum absolute atomic E-state index is 0. The van der Waals surface area contributed by atoms with E-state index in [1.54, 1.807) is 0 Å². The van der Waals surface area contributed by atoms with Crippen molar-refractivity contribution in [3.63, 3.8) is 0 Å². The molecule has 40 heavy (non-hydrogen) atoms. The van der Waals surface area contributed by atoms with Gasteiger partial charge in [-0.05, 0) is 12.8 Å². The fourth-order valence-electron chi connectivity index (χ4n) is 4.15. The molecule has 222 valence electrons. The fourth-order valence-corrected chi connectivity index (χ4v) is 4.81. The molecule has 0 fully saturated rings. The van der Waals surface area contributed by atoms with Crippen LogP contribution in [0.5, 0.6) is 0 Å². The average Bonchev–Trinajstić information content (AvgIpc) is 2.83. The SMILES string of the molecule is CCCCCCCCCCCCOC(=O)CC(C(=O)OCCCCCCCCCCCC)S(=O)(=O)O.[NaH].[NaH].[NaH].[NaH]. The van der Waals surface area contributed by atoms with Crippen molar-refractivity contribution in [1.82, 2.24) is 0 Å². The third kappa shape index (κ3) is 35.3. The van der Waals surface area contributed by atoms with Crippen molar-refractivity contribution < 1.29 is 32.0 Å². The Labute approximate surface area is 334 Å². The van der Waals surface area contributed by atoms with Crippen molar-refractivity contribution in [2.75, 3.05) is 13.2 Å². The van der Waals surface area contributed by atoms with Gasteiger partial charge >= 0.3 is 130 Å². The van der Waals surface area contributed by atoms with Crippen LogP contribution in [0.3, 0.4) is 0 Å². The molecule has 0 spiro atoms. The Morgan fingerprint density at radius 1 is 0.550 bits per heavy atom. The van der Waals surface area contributed by atoms with E-state index in [1.165, 1.54) is 77.0 Å². The predicted molar refractivity (Wildman–Crippen MR) is 174 cm³/mol. The Morgan fingerprint density at radius 2 is 0.850 bits per heavy atom. The van der Waals surface area contributed by atoms with Gasteiger partial charge in [0.15, 0.2) is 5.25 Å². The molecule has 1 atom stereocenters. The van der Waals surface area contributed by atoms with Crippen LogP contribution in [0.2, 0.25) is 0 Å². The summed E-state index contributed by atoms with van der Waals surface area (Å²) in [7, 11) is -4.75. The quantitative estimate of drug-likeness (QED) is 0.0623. The first kappa shape index (κ1) is 52.4. The van der Waals surface area contributed by atoms with E-state index < -0.39 is 33.7 Å². The van der Waals surface area contributed by atoms with Crippen LogP contribution in [0, 0.1) is 0 Å². The monoisotopic (exact) mass is 630 g/mol. The van der Waals surface area contributed by atoms with Gasteiger partial charge in [-0.3, -0.25) is 14.1 Å². The molecule has 0 amide bonds. The first-order valence-electron chi connectivity index (χ1n) is 14.6. The molecular weight excluding hydrogens is 572 g/mol. The molecular formula is C28H58Na4O7S. The van der Waals surface area contributed by atoms with Crippen LogP contribution in [0.25, 0.3) is 0 Å². The molecule has 7 nitrogen and oxygen atoms in total. The molecule has 0 radical (unpaired) electrons. The number of carbonyl (C=O) groups excluding carboxylic acids is 2. The first-order chi connectivity index (χ1) is 17.3. The van der Waals surface area contributed by atoms with Crippen molar-refractivity contribution in [3.05, 3.63) is 0 Å². The van der Waals surface area contributed by atoms with Crippen LogP contribution in [0.4, 0.5) is 0 Å². The van der Waals surface area contributed by atoms with Gasteiger partial charge in [-0.15, -0.1) is 0 Å². The summed E-state index contributed by atoms with van der Waals surface area (Å²) in [4.78, 5) is 24.2. The number of ether oxygens (including phenoxy) is 2. The van der Waals surface area contributed by atoms with Gasteiger partial charge < -0.3 is 9.47 Å². The maximum atomic E-state index is 12.2. The second-order valence-electron chi connectivity index (χ2n) is 9.96. The van der Waals surface area contributed by atoms with Crippen LogP contribution < -0.4 is 0 Å². The summed E-state index contributed by atoms with van der Waals surface area (Å²) in [6.07, 6.45) is 22.1. The molecule has 0 aromatic rings. The Hall–Kier alpha value is 2.85. The van der Waals surface area contributed by atoms with Crippen LogP contribution in [0.1, 0.15) is 149 Å². The standard InChI is InChI=1S/C28H54O7S.4Na.4H/c1-3-5-7-9-11-13-15-17-19-21-23-34-27(29)25-26(36(31,32)33)28(30)35-24-22-20-18-16-14-12-10-8-6-4-2;;;;;;;;/h26H,3-25H2,1-2H3,(H,31,32,33);;;;;;;;. The maximum absolute atomic E-state index is 12.2. The molecule has 0 aliphatic heterocycles. The molecule has 12 heteroatoms. The van der Waals surface area contributed by atoms with E-state index in [4.69, 9.17) is 9.47 Å². The molecule has 1 unspecified atom stereocenters. The van der Waals surface area contributed by atoms with E-state index >= 15 is 0 Å². The number of unbranched alkanes of at least 4 members (excludes halogenated alkanes) is 18. The molecule has 1 N–H and O–H groups in total. The van der Waals surface area contributed by atoms with Gasteiger partial charge in [-0.1, -0.05) is 129 Å². The van der Waals surface area contributed by atoms with Crippen LogP contribution in [0.15, 0.2) is 0 Å². The zero-order valence-electron chi connectivity index (χ0n) is 23.1. The number of rotatable bonds is 26. The third-order valence-electron chi connectivity index (χ3n) is 6.48. The van der Waals surface area contributed by atoms with Gasteiger partial charge in [0.2, 0.25) is 0 Å². The number of hydrogen-bond donors (Lipinski definition) is 1. The Kier molecular flexibility index (Phi) is 49.8. The molecule has 0 aliphatic carbocycles. The zero-order chi connectivity index (χ0) is 26.9. The van der Waals surface area contributed by atoms with Gasteiger partial charge in [0, 0.05) is 0 Å². The molecule has 0 saturated carbocycles. The Bertz CT molecular complexity index is 653. The van der Waals surface area contributed by atoms with Crippen LogP contribution >= 0.6 is 0 Å². The van der Waals surface area contributed by atoms with E-state index in [9.17, 15) is 22.6 Å². The van der Waals surface area contributed by atoms with Gasteiger partial charge in [0.05, 0.1) is 19.6 Å². The number of hydrogen-bond acceptors (Lipinski definition) is 6. The van der Waals surface area contributed by atoms with E-state index in [0.29, 0.717) is 12.8 Å². The number of carbonyl (C=O) groups is 2. The zero-order valence-corrected chi connectivity index (χ0v) is 24.0. The Morgan fingerprint density at radius 3 is 1.18 bits per heavy atom. The molecule has 0 rings (SSSR count). The van der Waals surface area contributed by atoms with Crippen molar-refractivity contribution in [2.24, 2.45) is 0 Å². The molecule has 0 bridgehead atoms. The van der Waals surface area contributed by atoms with Gasteiger partial charge in [-0.2, -0.15) is 8.42 Å². The van der Waals surface area contributed by atoms with Gasteiger partial charge in [-0.25, -0.2) is 0 Å². The summed E-state index contributed by atoms with van der Waals surface area (Å²) in [5, 5.41) is -1.93. The second kappa shape index (κ2) is 38.0. The van der Waals surface area contributed by atoms with E-state index in [0.717, 1.165) is 38.5 Å². The van der Waals surface area contributed by atoms with Crippen molar-refractivity contribution in [2.45, 2.75) is 154 Å².